The summed E-state index contributed by atoms with van der Waals surface area (Å²) in [4.78, 5) is 22.9. The summed E-state index contributed by atoms with van der Waals surface area (Å²) < 4.78 is 0. The first-order chi connectivity index (χ1) is 7.49. The van der Waals surface area contributed by atoms with Crippen molar-refractivity contribution in [2.75, 3.05) is 13.1 Å². The van der Waals surface area contributed by atoms with Crippen molar-refractivity contribution < 1.29 is 14.7 Å². The van der Waals surface area contributed by atoms with Gasteiger partial charge in [-0.1, -0.05) is 6.92 Å². The molecule has 1 aliphatic heterocycles. The van der Waals surface area contributed by atoms with Gasteiger partial charge in [-0.3, -0.25) is 4.79 Å². The minimum Gasteiger partial charge on any atom is -0.480 e. The molecule has 1 unspecified atom stereocenters. The summed E-state index contributed by atoms with van der Waals surface area (Å²) in [6.45, 7) is 4.97. The van der Waals surface area contributed by atoms with Gasteiger partial charge < -0.3 is 15.7 Å². The number of nitrogens with one attached hydrogen (secondary N) is 2. The second-order valence-electron chi connectivity index (χ2n) is 4.50. The van der Waals surface area contributed by atoms with Gasteiger partial charge in [0.2, 0.25) is 5.91 Å². The molecule has 5 nitrogen and oxygen atoms in total. The van der Waals surface area contributed by atoms with Gasteiger partial charge in [0, 0.05) is 5.92 Å². The Hall–Kier alpha value is -1.10. The molecule has 1 fully saturated rings. The Morgan fingerprint density at radius 2 is 2.00 bits per heavy atom. The number of hydrogen-bond acceptors (Lipinski definition) is 3. The van der Waals surface area contributed by atoms with Crippen molar-refractivity contribution in [3.63, 3.8) is 0 Å². The third-order valence-corrected chi connectivity index (χ3v) is 3.29. The van der Waals surface area contributed by atoms with Crippen LogP contribution in [0.1, 0.15) is 33.1 Å². The quantitative estimate of drug-likeness (QED) is 0.649. The summed E-state index contributed by atoms with van der Waals surface area (Å²) in [6, 6.07) is 0. The van der Waals surface area contributed by atoms with E-state index in [4.69, 9.17) is 5.11 Å². The van der Waals surface area contributed by atoms with E-state index < -0.39 is 11.5 Å². The Morgan fingerprint density at radius 3 is 2.44 bits per heavy atom. The molecule has 0 saturated carbocycles. The molecule has 0 bridgehead atoms. The number of rotatable bonds is 4. The zero-order valence-corrected chi connectivity index (χ0v) is 9.88. The normalized spacial score (nSPS) is 21.1. The summed E-state index contributed by atoms with van der Waals surface area (Å²) in [5, 5.41) is 14.9. The fourth-order valence-corrected chi connectivity index (χ4v) is 1.75. The van der Waals surface area contributed by atoms with Gasteiger partial charge in [-0.15, -0.1) is 0 Å². The highest BCUT2D eigenvalue weighted by Gasteiger charge is 2.35. The maximum atomic E-state index is 11.9. The molecule has 1 aliphatic rings. The second kappa shape index (κ2) is 5.30. The average Bonchev–Trinajstić information content (AvgIpc) is 2.29. The topological polar surface area (TPSA) is 78.4 Å². The van der Waals surface area contributed by atoms with Crippen LogP contribution in [0.2, 0.25) is 0 Å². The van der Waals surface area contributed by atoms with E-state index in [9.17, 15) is 9.59 Å². The average molecular weight is 228 g/mol. The van der Waals surface area contributed by atoms with Crippen LogP contribution < -0.4 is 10.6 Å². The molecule has 1 rings (SSSR count). The minimum atomic E-state index is -1.14. The van der Waals surface area contributed by atoms with Crippen molar-refractivity contribution in [2.45, 2.75) is 38.6 Å². The fourth-order valence-electron chi connectivity index (χ4n) is 1.75. The largest absolute Gasteiger partial charge is 0.480 e. The van der Waals surface area contributed by atoms with Crippen LogP contribution >= 0.6 is 0 Å². The molecular weight excluding hydrogens is 208 g/mol. The standard InChI is InChI=1S/C11H20N2O3/c1-3-11(2,10(15)16)13-9(14)8-4-6-12-7-5-8/h8,12H,3-7H2,1-2H3,(H,13,14)(H,15,16). The lowest BCUT2D eigenvalue weighted by atomic mass is 9.93. The van der Waals surface area contributed by atoms with E-state index in [1.165, 1.54) is 0 Å². The van der Waals surface area contributed by atoms with Crippen LogP contribution in [-0.2, 0) is 9.59 Å². The Bertz CT molecular complexity index is 274. The molecule has 1 atom stereocenters. The number of hydrogen-bond donors (Lipinski definition) is 3. The molecule has 16 heavy (non-hydrogen) atoms. The Morgan fingerprint density at radius 1 is 1.44 bits per heavy atom. The summed E-state index contributed by atoms with van der Waals surface area (Å²) in [6.07, 6.45) is 1.95. The number of piperidine rings is 1. The van der Waals surface area contributed by atoms with E-state index in [0.717, 1.165) is 25.9 Å². The molecule has 0 aromatic carbocycles. The van der Waals surface area contributed by atoms with Crippen LogP contribution in [0.15, 0.2) is 0 Å². The first-order valence-corrected chi connectivity index (χ1v) is 5.75. The molecular formula is C11H20N2O3. The number of amides is 1. The van der Waals surface area contributed by atoms with Gasteiger partial charge in [-0.25, -0.2) is 4.79 Å². The van der Waals surface area contributed by atoms with Gasteiger partial charge in [0.25, 0.3) is 0 Å². The zero-order chi connectivity index (χ0) is 12.2. The number of carboxylic acids is 1. The van der Waals surface area contributed by atoms with Gasteiger partial charge in [0.15, 0.2) is 0 Å². The second-order valence-corrected chi connectivity index (χ2v) is 4.50. The van der Waals surface area contributed by atoms with E-state index in [1.54, 1.807) is 13.8 Å². The van der Waals surface area contributed by atoms with Crippen molar-refractivity contribution in [2.24, 2.45) is 5.92 Å². The lowest BCUT2D eigenvalue weighted by Gasteiger charge is -2.29. The van der Waals surface area contributed by atoms with Gasteiger partial charge in [-0.2, -0.15) is 0 Å². The van der Waals surface area contributed by atoms with Gasteiger partial charge in [-0.05, 0) is 39.3 Å². The predicted octanol–water partition coefficient (Wildman–Crippen LogP) is 0.355. The number of aliphatic carboxylic acids is 1. The minimum absolute atomic E-state index is 0.0496. The van der Waals surface area contributed by atoms with Crippen LogP contribution in [0.25, 0.3) is 0 Å². The summed E-state index contributed by atoms with van der Waals surface area (Å²) in [5.41, 5.74) is -1.14. The van der Waals surface area contributed by atoms with Crippen LogP contribution in [0.3, 0.4) is 0 Å². The SMILES string of the molecule is CCC(C)(NC(=O)C1CCNCC1)C(=O)O. The maximum absolute atomic E-state index is 11.9. The Balaban J connectivity index is 2.57. The third kappa shape index (κ3) is 2.95. The Kier molecular flexibility index (Phi) is 4.29. The molecule has 0 aromatic rings. The fraction of sp³-hybridized carbons (Fsp3) is 0.818. The smallest absolute Gasteiger partial charge is 0.329 e. The van der Waals surface area contributed by atoms with E-state index >= 15 is 0 Å². The van der Waals surface area contributed by atoms with Crippen molar-refractivity contribution in [1.29, 1.82) is 0 Å². The van der Waals surface area contributed by atoms with Crippen molar-refractivity contribution >= 4 is 11.9 Å². The molecule has 1 heterocycles. The molecule has 92 valence electrons. The lowest BCUT2D eigenvalue weighted by Crippen LogP contribution is -2.54. The van der Waals surface area contributed by atoms with E-state index in [0.29, 0.717) is 6.42 Å². The third-order valence-electron chi connectivity index (χ3n) is 3.29. The van der Waals surface area contributed by atoms with Gasteiger partial charge in [0.05, 0.1) is 0 Å². The first-order valence-electron chi connectivity index (χ1n) is 5.75. The summed E-state index contributed by atoms with van der Waals surface area (Å²) in [5.74, 6) is -1.16. The number of carbonyl (C=O) groups is 2. The predicted molar refractivity (Wildman–Crippen MR) is 60.1 cm³/mol. The van der Waals surface area contributed by atoms with Crippen LogP contribution in [0.4, 0.5) is 0 Å². The van der Waals surface area contributed by atoms with Crippen molar-refractivity contribution in [3.05, 3.63) is 0 Å². The highest BCUT2D eigenvalue weighted by atomic mass is 16.4. The van der Waals surface area contributed by atoms with E-state index in [-0.39, 0.29) is 11.8 Å². The molecule has 0 aliphatic carbocycles. The molecule has 1 amide bonds. The summed E-state index contributed by atoms with van der Waals surface area (Å²) >= 11 is 0. The molecule has 1 saturated heterocycles. The van der Waals surface area contributed by atoms with Crippen LogP contribution in [0.5, 0.6) is 0 Å². The van der Waals surface area contributed by atoms with E-state index in [2.05, 4.69) is 10.6 Å². The lowest BCUT2D eigenvalue weighted by molar-refractivity contribution is -0.147. The monoisotopic (exact) mass is 228 g/mol. The molecule has 5 heteroatoms. The molecule has 3 N–H and O–H groups in total. The summed E-state index contributed by atoms with van der Waals surface area (Å²) in [7, 11) is 0. The highest BCUT2D eigenvalue weighted by molar-refractivity contribution is 5.87. The van der Waals surface area contributed by atoms with Crippen LogP contribution in [-0.4, -0.2) is 35.6 Å². The maximum Gasteiger partial charge on any atom is 0.329 e. The molecule has 0 radical (unpaired) electrons. The zero-order valence-electron chi connectivity index (χ0n) is 9.88. The van der Waals surface area contributed by atoms with E-state index in [1.807, 2.05) is 0 Å². The first kappa shape index (κ1) is 13.0. The van der Waals surface area contributed by atoms with Gasteiger partial charge >= 0.3 is 5.97 Å². The van der Waals surface area contributed by atoms with Crippen LogP contribution in [0, 0.1) is 5.92 Å². The van der Waals surface area contributed by atoms with Gasteiger partial charge in [0.1, 0.15) is 5.54 Å². The van der Waals surface area contributed by atoms with Crippen molar-refractivity contribution in [1.82, 2.24) is 10.6 Å². The van der Waals surface area contributed by atoms with Crippen molar-refractivity contribution in [3.8, 4) is 0 Å². The number of carbonyl (C=O) groups excluding carboxylic acids is 1. The Labute approximate surface area is 95.6 Å². The molecule has 0 spiro atoms. The molecule has 0 aromatic heterocycles. The highest BCUT2D eigenvalue weighted by Crippen LogP contribution is 2.15. The number of carboxylic acid groups (broad SMARTS) is 1.